The summed E-state index contributed by atoms with van der Waals surface area (Å²) in [4.78, 5) is 35.7. The van der Waals surface area contributed by atoms with Crippen LogP contribution in [0.15, 0.2) is 26.7 Å². The Morgan fingerprint density at radius 1 is 1.25 bits per heavy atom. The molecule has 0 aromatic heterocycles. The Morgan fingerprint density at radius 3 is 2.55 bits per heavy atom. The summed E-state index contributed by atoms with van der Waals surface area (Å²) in [6.07, 6.45) is 1.23. The third kappa shape index (κ3) is 2.61. The second-order valence-electron chi connectivity index (χ2n) is 4.01. The van der Waals surface area contributed by atoms with Gasteiger partial charge in [0, 0.05) is 17.1 Å². The molecule has 6 nitrogen and oxygen atoms in total. The van der Waals surface area contributed by atoms with Crippen LogP contribution in [0, 0.1) is 0 Å². The van der Waals surface area contributed by atoms with E-state index < -0.39 is 17.8 Å². The number of nitrogens with one attached hydrogen (secondary N) is 1. The number of carbonyl (C=O) groups is 3. The molecule has 2 N–H and O–H groups in total. The molecule has 1 saturated heterocycles. The van der Waals surface area contributed by atoms with E-state index in [4.69, 9.17) is 0 Å². The van der Waals surface area contributed by atoms with Crippen LogP contribution in [0.5, 0.6) is 5.75 Å². The minimum absolute atomic E-state index is 0.110. The van der Waals surface area contributed by atoms with Crippen molar-refractivity contribution in [3.8, 4) is 5.75 Å². The lowest BCUT2D eigenvalue weighted by Gasteiger charge is -2.22. The first kappa shape index (κ1) is 14.7. The fraction of sp³-hybridized carbons (Fsp3) is 0.0833. The van der Waals surface area contributed by atoms with E-state index >= 15 is 0 Å². The van der Waals surface area contributed by atoms with Crippen LogP contribution in [-0.4, -0.2) is 34.9 Å². The molecule has 1 aliphatic heterocycles. The number of amides is 4. The summed E-state index contributed by atoms with van der Waals surface area (Å²) < 4.78 is 1.06. The number of hydrogen-bond donors (Lipinski definition) is 2. The first-order valence-electron chi connectivity index (χ1n) is 5.34. The van der Waals surface area contributed by atoms with E-state index in [9.17, 15) is 19.5 Å². The Morgan fingerprint density at radius 2 is 1.90 bits per heavy atom. The second kappa shape index (κ2) is 5.37. The highest BCUT2D eigenvalue weighted by molar-refractivity contribution is 9.11. The highest BCUT2D eigenvalue weighted by Crippen LogP contribution is 2.33. The molecule has 0 spiro atoms. The molecule has 104 valence electrons. The van der Waals surface area contributed by atoms with E-state index in [-0.39, 0.29) is 16.9 Å². The van der Waals surface area contributed by atoms with Crippen LogP contribution in [0.4, 0.5) is 4.79 Å². The van der Waals surface area contributed by atoms with E-state index in [2.05, 4.69) is 31.9 Å². The van der Waals surface area contributed by atoms with Crippen molar-refractivity contribution in [2.75, 3.05) is 7.05 Å². The van der Waals surface area contributed by atoms with Crippen molar-refractivity contribution in [3.63, 3.8) is 0 Å². The van der Waals surface area contributed by atoms with Crippen LogP contribution >= 0.6 is 31.9 Å². The van der Waals surface area contributed by atoms with E-state index in [1.165, 1.54) is 13.1 Å². The van der Waals surface area contributed by atoms with Gasteiger partial charge in [0.15, 0.2) is 0 Å². The zero-order valence-corrected chi connectivity index (χ0v) is 13.3. The number of phenols is 1. The van der Waals surface area contributed by atoms with E-state index in [0.717, 1.165) is 4.90 Å². The molecular formula is C12H8Br2N2O4. The Hall–Kier alpha value is -1.67. The molecule has 0 unspecified atom stereocenters. The van der Waals surface area contributed by atoms with E-state index in [0.29, 0.717) is 8.95 Å². The van der Waals surface area contributed by atoms with Gasteiger partial charge in [-0.3, -0.25) is 19.8 Å². The van der Waals surface area contributed by atoms with Crippen molar-refractivity contribution in [2.24, 2.45) is 0 Å². The maximum atomic E-state index is 11.9. The lowest BCUT2D eigenvalue weighted by molar-refractivity contribution is -0.129. The van der Waals surface area contributed by atoms with Crippen molar-refractivity contribution in [2.45, 2.75) is 0 Å². The second-order valence-corrected chi connectivity index (χ2v) is 5.78. The predicted molar refractivity (Wildman–Crippen MR) is 77.8 cm³/mol. The number of benzene rings is 1. The summed E-state index contributed by atoms with van der Waals surface area (Å²) in [7, 11) is 1.26. The fourth-order valence-electron chi connectivity index (χ4n) is 1.60. The molecule has 20 heavy (non-hydrogen) atoms. The zero-order chi connectivity index (χ0) is 15.0. The molecule has 1 heterocycles. The average molecular weight is 404 g/mol. The summed E-state index contributed by atoms with van der Waals surface area (Å²) in [6.45, 7) is 0. The molecular weight excluding hydrogens is 396 g/mol. The number of imide groups is 2. The van der Waals surface area contributed by atoms with Gasteiger partial charge in [0.05, 0.1) is 4.47 Å². The summed E-state index contributed by atoms with van der Waals surface area (Å²) >= 11 is 6.40. The van der Waals surface area contributed by atoms with Crippen molar-refractivity contribution < 1.29 is 19.5 Å². The van der Waals surface area contributed by atoms with Gasteiger partial charge >= 0.3 is 6.03 Å². The third-order valence-corrected chi connectivity index (χ3v) is 3.72. The molecule has 0 saturated carbocycles. The summed E-state index contributed by atoms with van der Waals surface area (Å²) in [6, 6.07) is 2.39. The molecule has 1 aromatic carbocycles. The SMILES string of the molecule is CN1C(=O)NC(=O)/C(=C\c2cc(Br)cc(Br)c2O)C1=O. The molecule has 1 aromatic rings. The Balaban J connectivity index is 2.52. The van der Waals surface area contributed by atoms with Crippen molar-refractivity contribution in [1.82, 2.24) is 10.2 Å². The van der Waals surface area contributed by atoms with E-state index in [1.807, 2.05) is 5.32 Å². The number of urea groups is 1. The number of halogens is 2. The topological polar surface area (TPSA) is 86.7 Å². The van der Waals surface area contributed by atoms with Crippen molar-refractivity contribution in [3.05, 3.63) is 32.2 Å². The Bertz CT molecular complexity index is 670. The lowest BCUT2D eigenvalue weighted by Crippen LogP contribution is -2.52. The fourth-order valence-corrected chi connectivity index (χ4v) is 2.86. The van der Waals surface area contributed by atoms with Crippen LogP contribution in [0.3, 0.4) is 0 Å². The lowest BCUT2D eigenvalue weighted by atomic mass is 10.1. The Kier molecular flexibility index (Phi) is 3.96. The molecule has 0 aliphatic carbocycles. The molecule has 1 fully saturated rings. The molecule has 1 aliphatic rings. The highest BCUT2D eigenvalue weighted by Gasteiger charge is 2.33. The van der Waals surface area contributed by atoms with Gasteiger partial charge in [-0.05, 0) is 34.1 Å². The Labute approximate surface area is 130 Å². The van der Waals surface area contributed by atoms with Gasteiger partial charge in [-0.15, -0.1) is 0 Å². The van der Waals surface area contributed by atoms with Crippen LogP contribution in [-0.2, 0) is 9.59 Å². The number of hydrogen-bond acceptors (Lipinski definition) is 4. The molecule has 0 atom stereocenters. The maximum absolute atomic E-state index is 11.9. The molecule has 8 heteroatoms. The van der Waals surface area contributed by atoms with Crippen molar-refractivity contribution >= 4 is 55.8 Å². The zero-order valence-electron chi connectivity index (χ0n) is 10.1. The van der Waals surface area contributed by atoms with Gasteiger partial charge in [0.2, 0.25) is 0 Å². The quantitative estimate of drug-likeness (QED) is 0.554. The van der Waals surface area contributed by atoms with Gasteiger partial charge in [-0.25, -0.2) is 4.79 Å². The monoisotopic (exact) mass is 402 g/mol. The first-order chi connectivity index (χ1) is 9.31. The predicted octanol–water partition coefficient (Wildman–Crippen LogP) is 2.01. The number of nitrogens with zero attached hydrogens (tertiary/aromatic N) is 1. The normalized spacial score (nSPS) is 17.6. The van der Waals surface area contributed by atoms with Crippen LogP contribution in [0.2, 0.25) is 0 Å². The summed E-state index contributed by atoms with van der Waals surface area (Å²) in [5.41, 5.74) is 0.0416. The maximum Gasteiger partial charge on any atom is 0.331 e. The van der Waals surface area contributed by atoms with Gasteiger partial charge in [0.1, 0.15) is 11.3 Å². The third-order valence-electron chi connectivity index (χ3n) is 2.66. The van der Waals surface area contributed by atoms with Gasteiger partial charge in [-0.1, -0.05) is 15.9 Å². The number of likely N-dealkylation sites (N-methyl/N-ethyl adjacent to an activating group) is 1. The van der Waals surface area contributed by atoms with E-state index in [1.54, 1.807) is 12.1 Å². The van der Waals surface area contributed by atoms with Gasteiger partial charge in [-0.2, -0.15) is 0 Å². The molecule has 0 radical (unpaired) electrons. The van der Waals surface area contributed by atoms with Crippen LogP contribution < -0.4 is 5.32 Å². The van der Waals surface area contributed by atoms with Crippen LogP contribution in [0.25, 0.3) is 6.08 Å². The number of carbonyl (C=O) groups excluding carboxylic acids is 3. The van der Waals surface area contributed by atoms with Crippen molar-refractivity contribution in [1.29, 1.82) is 0 Å². The minimum atomic E-state index is -0.798. The number of aromatic hydroxyl groups is 1. The smallest absolute Gasteiger partial charge is 0.331 e. The summed E-state index contributed by atoms with van der Waals surface area (Å²) in [5, 5.41) is 11.9. The first-order valence-corrected chi connectivity index (χ1v) is 6.93. The van der Waals surface area contributed by atoms with Gasteiger partial charge in [0.25, 0.3) is 11.8 Å². The average Bonchev–Trinajstić information content (AvgIpc) is 2.37. The highest BCUT2D eigenvalue weighted by atomic mass is 79.9. The molecule has 2 rings (SSSR count). The largest absolute Gasteiger partial charge is 0.506 e. The minimum Gasteiger partial charge on any atom is -0.506 e. The molecule has 0 bridgehead atoms. The number of barbiturate groups is 1. The van der Waals surface area contributed by atoms with Gasteiger partial charge < -0.3 is 5.11 Å². The standard InChI is InChI=1S/C12H8Br2N2O4/c1-16-11(19)7(10(18)15-12(16)20)3-5-2-6(13)4-8(14)9(5)17/h2-4,17H,1H3,(H,15,18,20)/b7-3+. The number of rotatable bonds is 1. The van der Waals surface area contributed by atoms with Crippen LogP contribution in [0.1, 0.15) is 5.56 Å². The summed E-state index contributed by atoms with van der Waals surface area (Å²) in [5.74, 6) is -1.64. The number of phenolic OH excluding ortho intramolecular Hbond substituents is 1. The molecule has 4 amide bonds.